The molecule has 3 fully saturated rings. The Kier molecular flexibility index (Phi) is 5.11. The van der Waals surface area contributed by atoms with Crippen LogP contribution in [0.25, 0.3) is 11.4 Å². The molecule has 1 aromatic carbocycles. The number of nitrogens with two attached hydrogens (primary N) is 1. The van der Waals surface area contributed by atoms with E-state index in [9.17, 15) is 14.9 Å². The third kappa shape index (κ3) is 3.32. The lowest BCUT2D eigenvalue weighted by molar-refractivity contribution is -0.134. The molecule has 2 bridgehead atoms. The number of likely N-dealkylation sites (tertiary alicyclic amines) is 2. The molecule has 3 aliphatic rings. The first kappa shape index (κ1) is 20.5. The highest BCUT2D eigenvalue weighted by Gasteiger charge is 2.51. The molecule has 1 aromatic heterocycles. The highest BCUT2D eigenvalue weighted by molar-refractivity contribution is 6.04. The molecule has 4 heterocycles. The molecule has 11 nitrogen and oxygen atoms in total. The fourth-order valence-corrected chi connectivity index (χ4v) is 5.29. The number of anilines is 1. The van der Waals surface area contributed by atoms with Crippen molar-refractivity contribution in [3.8, 4) is 17.5 Å². The average molecular weight is 435 g/mol. The molecule has 3 aliphatic heterocycles. The third-order valence-corrected chi connectivity index (χ3v) is 6.71. The van der Waals surface area contributed by atoms with Gasteiger partial charge in [0.25, 0.3) is 0 Å². The molecule has 0 spiro atoms. The molecule has 5 atom stereocenters. The molecule has 5 rings (SSSR count). The van der Waals surface area contributed by atoms with E-state index < -0.39 is 12.1 Å². The number of hydrogen-bond acceptors (Lipinski definition) is 8. The van der Waals surface area contributed by atoms with Gasteiger partial charge in [0.2, 0.25) is 17.6 Å². The van der Waals surface area contributed by atoms with E-state index in [1.165, 1.54) is 0 Å². The maximum atomic E-state index is 13.3. The van der Waals surface area contributed by atoms with Gasteiger partial charge in [0.1, 0.15) is 6.04 Å². The molecule has 3 saturated heterocycles. The number of nitriles is 1. The van der Waals surface area contributed by atoms with Crippen molar-refractivity contribution in [3.63, 3.8) is 0 Å². The van der Waals surface area contributed by atoms with E-state index in [1.54, 1.807) is 4.90 Å². The van der Waals surface area contributed by atoms with Crippen LogP contribution in [0.15, 0.2) is 24.3 Å². The monoisotopic (exact) mass is 435 g/mol. The number of para-hydroxylation sites is 1. The zero-order valence-electron chi connectivity index (χ0n) is 17.8. The van der Waals surface area contributed by atoms with Crippen LogP contribution in [0.4, 0.5) is 5.69 Å². The molecule has 2 aromatic rings. The zero-order valence-corrected chi connectivity index (χ0v) is 17.8. The molecular weight excluding hydrogens is 410 g/mol. The summed E-state index contributed by atoms with van der Waals surface area (Å²) in [5.41, 5.74) is 7.76. The highest BCUT2D eigenvalue weighted by atomic mass is 16.2. The van der Waals surface area contributed by atoms with Crippen LogP contribution in [0.3, 0.4) is 0 Å². The van der Waals surface area contributed by atoms with E-state index in [2.05, 4.69) is 26.7 Å². The number of carbonyl (C=O) groups is 2. The van der Waals surface area contributed by atoms with Crippen molar-refractivity contribution in [1.29, 1.82) is 5.26 Å². The molecule has 32 heavy (non-hydrogen) atoms. The fraction of sp³-hybridized carbons (Fsp3) is 0.524. The predicted octanol–water partition coefficient (Wildman–Crippen LogP) is -0.256. The second kappa shape index (κ2) is 7.96. The largest absolute Gasteiger partial charge is 0.325 e. The van der Waals surface area contributed by atoms with E-state index in [4.69, 9.17) is 5.73 Å². The normalized spacial score (nSPS) is 28.3. The number of rotatable bonds is 5. The summed E-state index contributed by atoms with van der Waals surface area (Å²) in [6, 6.07) is 8.21. The minimum atomic E-state index is -0.761. The maximum Gasteiger partial charge on any atom is 0.244 e. The number of piperazine rings is 1. The molecule has 166 valence electrons. The summed E-state index contributed by atoms with van der Waals surface area (Å²) in [4.78, 5) is 31.6. The second-order valence-electron chi connectivity index (χ2n) is 8.90. The first-order chi connectivity index (χ1) is 15.5. The summed E-state index contributed by atoms with van der Waals surface area (Å²) < 4.78 is 0. The summed E-state index contributed by atoms with van der Waals surface area (Å²) in [7, 11) is 0. The summed E-state index contributed by atoms with van der Waals surface area (Å²) in [6.45, 7) is 3.52. The van der Waals surface area contributed by atoms with Gasteiger partial charge >= 0.3 is 0 Å². The second-order valence-corrected chi connectivity index (χ2v) is 8.90. The van der Waals surface area contributed by atoms with Gasteiger partial charge in [-0.15, -0.1) is 10.2 Å². The van der Waals surface area contributed by atoms with Crippen LogP contribution in [0.1, 0.15) is 19.8 Å². The van der Waals surface area contributed by atoms with E-state index in [1.807, 2.05) is 41.0 Å². The Labute approximate surface area is 185 Å². The van der Waals surface area contributed by atoms with E-state index in [0.717, 1.165) is 11.3 Å². The highest BCUT2D eigenvalue weighted by Crippen LogP contribution is 2.39. The standard InChI is InChI=1S/C21H25N9O2/c1-12-6-13(8-22)29(9-12)20(31)16(23)11-28-10-14-7-18(28)21(32)30(14)17-5-3-2-4-15(17)19-24-26-27-25-19/h2-5,12-14,16,18H,6-7,9-11,23H2,1H3,(H,24,25,26,27)/t12?,13?,14-,16?,18?/m0/s1. The van der Waals surface area contributed by atoms with Crippen molar-refractivity contribution < 1.29 is 9.59 Å². The van der Waals surface area contributed by atoms with Crippen LogP contribution in [0.2, 0.25) is 0 Å². The maximum absolute atomic E-state index is 13.3. The molecule has 2 amide bonds. The van der Waals surface area contributed by atoms with Crippen LogP contribution in [0.5, 0.6) is 0 Å². The van der Waals surface area contributed by atoms with E-state index >= 15 is 0 Å². The van der Waals surface area contributed by atoms with Crippen LogP contribution in [-0.4, -0.2) is 86.0 Å². The Morgan fingerprint density at radius 3 is 2.88 bits per heavy atom. The van der Waals surface area contributed by atoms with Crippen LogP contribution >= 0.6 is 0 Å². The number of fused-ring (bicyclic) bond motifs is 2. The van der Waals surface area contributed by atoms with E-state index in [-0.39, 0.29) is 29.8 Å². The molecular formula is C21H25N9O2. The number of aromatic amines is 1. The Hall–Kier alpha value is -3.36. The van der Waals surface area contributed by atoms with Crippen molar-refractivity contribution in [2.45, 2.75) is 43.9 Å². The lowest BCUT2D eigenvalue weighted by Gasteiger charge is -2.36. The number of hydrogen-bond donors (Lipinski definition) is 2. The van der Waals surface area contributed by atoms with Gasteiger partial charge in [-0.1, -0.05) is 19.1 Å². The number of H-pyrrole nitrogens is 1. The van der Waals surface area contributed by atoms with Crippen molar-refractivity contribution in [2.75, 3.05) is 24.5 Å². The number of amides is 2. The molecule has 0 radical (unpaired) electrons. The van der Waals surface area contributed by atoms with Crippen molar-refractivity contribution in [1.82, 2.24) is 30.4 Å². The predicted molar refractivity (Wildman–Crippen MR) is 114 cm³/mol. The van der Waals surface area contributed by atoms with Gasteiger partial charge in [-0.05, 0) is 36.1 Å². The number of benzene rings is 1. The minimum Gasteiger partial charge on any atom is -0.325 e. The summed E-state index contributed by atoms with van der Waals surface area (Å²) >= 11 is 0. The Morgan fingerprint density at radius 1 is 1.34 bits per heavy atom. The first-order valence-corrected chi connectivity index (χ1v) is 10.8. The van der Waals surface area contributed by atoms with Gasteiger partial charge in [0.05, 0.1) is 29.9 Å². The van der Waals surface area contributed by atoms with Gasteiger partial charge in [-0.25, -0.2) is 0 Å². The zero-order chi connectivity index (χ0) is 22.4. The SMILES string of the molecule is CC1CC(C#N)N(C(=O)C(N)CN2C[C@@H]3CC2C(=O)N3c2ccccc2-c2nn[nH]n2)C1. The summed E-state index contributed by atoms with van der Waals surface area (Å²) in [5, 5.41) is 23.6. The van der Waals surface area contributed by atoms with Gasteiger partial charge in [-0.2, -0.15) is 10.5 Å². The Morgan fingerprint density at radius 2 is 2.16 bits per heavy atom. The van der Waals surface area contributed by atoms with Gasteiger partial charge in [0, 0.05) is 25.2 Å². The van der Waals surface area contributed by atoms with Crippen molar-refractivity contribution in [2.24, 2.45) is 11.7 Å². The minimum absolute atomic E-state index is 0.0125. The average Bonchev–Trinajstić information content (AvgIpc) is 3.57. The van der Waals surface area contributed by atoms with Crippen molar-refractivity contribution >= 4 is 17.5 Å². The molecule has 4 unspecified atom stereocenters. The number of nitrogens with zero attached hydrogens (tertiary/aromatic N) is 7. The number of nitrogens with one attached hydrogen (secondary N) is 1. The smallest absolute Gasteiger partial charge is 0.244 e. The van der Waals surface area contributed by atoms with Crippen LogP contribution in [0, 0.1) is 17.2 Å². The number of tetrazole rings is 1. The number of carbonyl (C=O) groups excluding carboxylic acids is 2. The third-order valence-electron chi connectivity index (χ3n) is 6.71. The molecule has 0 saturated carbocycles. The topological polar surface area (TPSA) is 148 Å². The molecule has 11 heteroatoms. The summed E-state index contributed by atoms with van der Waals surface area (Å²) in [6.07, 6.45) is 1.36. The van der Waals surface area contributed by atoms with Crippen LogP contribution < -0.4 is 10.6 Å². The Bertz CT molecular complexity index is 1070. The van der Waals surface area contributed by atoms with Crippen molar-refractivity contribution in [3.05, 3.63) is 24.3 Å². The quantitative estimate of drug-likeness (QED) is 0.653. The van der Waals surface area contributed by atoms with Gasteiger partial charge < -0.3 is 15.5 Å². The summed E-state index contributed by atoms with van der Waals surface area (Å²) in [5.74, 6) is 0.498. The van der Waals surface area contributed by atoms with Crippen LogP contribution in [-0.2, 0) is 9.59 Å². The van der Waals surface area contributed by atoms with Gasteiger partial charge in [-0.3, -0.25) is 14.5 Å². The fourth-order valence-electron chi connectivity index (χ4n) is 5.29. The van der Waals surface area contributed by atoms with E-state index in [0.29, 0.717) is 38.3 Å². The lowest BCUT2D eigenvalue weighted by atomic mass is 10.1. The van der Waals surface area contributed by atoms with Gasteiger partial charge in [0.15, 0.2) is 0 Å². The first-order valence-electron chi connectivity index (χ1n) is 10.8. The lowest BCUT2D eigenvalue weighted by Crippen LogP contribution is -2.56. The molecule has 0 aliphatic carbocycles. The molecule has 3 N–H and O–H groups in total. The number of aromatic nitrogens is 4. The Balaban J connectivity index is 1.29.